The molecule has 0 saturated heterocycles. The van der Waals surface area contributed by atoms with Crippen LogP contribution in [0.25, 0.3) is 0 Å². The molecule has 144 valence electrons. The average Bonchev–Trinajstić information content (AvgIpc) is 2.54. The van der Waals surface area contributed by atoms with Gasteiger partial charge in [0, 0.05) is 29.3 Å². The number of hydrogen-bond donors (Lipinski definition) is 3. The Hall–Kier alpha value is -1.59. The van der Waals surface area contributed by atoms with Gasteiger partial charge in [-0.1, -0.05) is 26.3 Å². The summed E-state index contributed by atoms with van der Waals surface area (Å²) in [6.45, 7) is 3.71. The molecule has 0 heterocycles. The van der Waals surface area contributed by atoms with E-state index in [-0.39, 0.29) is 42.1 Å². The van der Waals surface area contributed by atoms with E-state index in [1.54, 1.807) is 0 Å². The molecule has 26 heavy (non-hydrogen) atoms. The summed E-state index contributed by atoms with van der Waals surface area (Å²) in [5, 5.41) is 5.89. The Labute approximate surface area is 161 Å². The molecule has 3 rings (SSSR count). The van der Waals surface area contributed by atoms with Crippen molar-refractivity contribution in [3.8, 4) is 0 Å². The highest BCUT2D eigenvalue weighted by atomic mass is 35.5. The van der Waals surface area contributed by atoms with Crippen molar-refractivity contribution >= 4 is 35.6 Å². The van der Waals surface area contributed by atoms with Crippen LogP contribution in [0.2, 0.25) is 0 Å². The molecule has 2 aliphatic rings. The summed E-state index contributed by atoms with van der Waals surface area (Å²) in [4.78, 5) is 24.5. The van der Waals surface area contributed by atoms with Crippen molar-refractivity contribution in [1.29, 1.82) is 0 Å². The first-order valence-corrected chi connectivity index (χ1v) is 9.41. The van der Waals surface area contributed by atoms with Crippen molar-refractivity contribution in [1.82, 2.24) is 0 Å². The highest BCUT2D eigenvalue weighted by molar-refractivity contribution is 5.95. The fraction of sp³-hybridized carbons (Fsp3) is 0.600. The molecule has 4 N–H and O–H groups in total. The molecular formula is C20H30ClN3O2. The van der Waals surface area contributed by atoms with Gasteiger partial charge in [-0.25, -0.2) is 0 Å². The van der Waals surface area contributed by atoms with Crippen molar-refractivity contribution in [2.24, 2.45) is 29.4 Å². The normalized spacial score (nSPS) is 27.4. The van der Waals surface area contributed by atoms with Gasteiger partial charge in [0.05, 0.1) is 0 Å². The van der Waals surface area contributed by atoms with E-state index in [0.29, 0.717) is 17.5 Å². The van der Waals surface area contributed by atoms with Crippen molar-refractivity contribution in [3.05, 3.63) is 24.3 Å². The molecular weight excluding hydrogens is 350 g/mol. The molecule has 1 aromatic carbocycles. The van der Waals surface area contributed by atoms with E-state index in [0.717, 1.165) is 31.4 Å². The van der Waals surface area contributed by atoms with Crippen LogP contribution in [-0.4, -0.2) is 17.9 Å². The summed E-state index contributed by atoms with van der Waals surface area (Å²) in [5.41, 5.74) is 7.75. The molecule has 0 aromatic heterocycles. The number of carbonyl (C=O) groups is 2. The molecule has 2 saturated carbocycles. The molecule has 1 aromatic rings. The summed E-state index contributed by atoms with van der Waals surface area (Å²) in [6, 6.07) is 7.62. The van der Waals surface area contributed by atoms with Crippen LogP contribution >= 0.6 is 12.4 Å². The second-order valence-corrected chi connectivity index (χ2v) is 7.91. The fourth-order valence-corrected chi connectivity index (χ4v) is 4.21. The van der Waals surface area contributed by atoms with Gasteiger partial charge < -0.3 is 16.4 Å². The van der Waals surface area contributed by atoms with Crippen molar-refractivity contribution in [2.75, 3.05) is 10.6 Å². The number of rotatable bonds is 4. The standard InChI is InChI=1S/C20H29N3O2.ClH/c1-12(2)19(24)22-16-7-4-8-17(11-16)23-20(25)15-9-13-5-3-6-14(10-15)18(13)21;/h4,7-8,11-15,18H,3,5-6,9-10,21H2,1-2H3,(H,22,24)(H,23,25);1H. The number of anilines is 2. The summed E-state index contributed by atoms with van der Waals surface area (Å²) in [7, 11) is 0. The van der Waals surface area contributed by atoms with E-state index in [4.69, 9.17) is 5.73 Å². The number of fused-ring (bicyclic) bond motifs is 2. The largest absolute Gasteiger partial charge is 0.327 e. The third-order valence-corrected chi connectivity index (χ3v) is 5.71. The second kappa shape index (κ2) is 8.87. The van der Waals surface area contributed by atoms with Crippen molar-refractivity contribution in [2.45, 2.75) is 52.0 Å². The lowest BCUT2D eigenvalue weighted by Gasteiger charge is -2.43. The van der Waals surface area contributed by atoms with Gasteiger partial charge >= 0.3 is 0 Å². The summed E-state index contributed by atoms with van der Waals surface area (Å²) in [6.07, 6.45) is 5.34. The summed E-state index contributed by atoms with van der Waals surface area (Å²) in [5.74, 6) is 0.988. The lowest BCUT2D eigenvalue weighted by Crippen LogP contribution is -2.48. The van der Waals surface area contributed by atoms with E-state index in [2.05, 4.69) is 10.6 Å². The van der Waals surface area contributed by atoms with Crippen molar-refractivity contribution in [3.63, 3.8) is 0 Å². The van der Waals surface area contributed by atoms with E-state index in [1.807, 2.05) is 38.1 Å². The minimum Gasteiger partial charge on any atom is -0.327 e. The number of hydrogen-bond acceptors (Lipinski definition) is 3. The Balaban J connectivity index is 0.00000243. The maximum atomic E-state index is 12.7. The number of benzene rings is 1. The predicted octanol–water partition coefficient (Wildman–Crippen LogP) is 3.80. The maximum absolute atomic E-state index is 12.7. The molecule has 2 unspecified atom stereocenters. The maximum Gasteiger partial charge on any atom is 0.227 e. The third kappa shape index (κ3) is 4.77. The first-order chi connectivity index (χ1) is 11.9. The predicted molar refractivity (Wildman–Crippen MR) is 107 cm³/mol. The Bertz CT molecular complexity index is 636. The quantitative estimate of drug-likeness (QED) is 0.743. The zero-order valence-corrected chi connectivity index (χ0v) is 16.4. The van der Waals surface area contributed by atoms with Gasteiger partial charge in [-0.05, 0) is 55.7 Å². The first-order valence-electron chi connectivity index (χ1n) is 9.41. The number of nitrogens with two attached hydrogens (primary N) is 1. The van der Waals surface area contributed by atoms with Gasteiger partial charge in [-0.3, -0.25) is 9.59 Å². The van der Waals surface area contributed by atoms with Crippen LogP contribution in [0.1, 0.15) is 46.0 Å². The SMILES string of the molecule is CC(C)C(=O)Nc1cccc(NC(=O)C2CC3CCCC(C2)C3N)c1.Cl. The van der Waals surface area contributed by atoms with Crippen LogP contribution in [-0.2, 0) is 9.59 Å². The molecule has 6 heteroatoms. The molecule has 0 radical (unpaired) electrons. The third-order valence-electron chi connectivity index (χ3n) is 5.71. The smallest absolute Gasteiger partial charge is 0.227 e. The van der Waals surface area contributed by atoms with Gasteiger partial charge in [0.2, 0.25) is 11.8 Å². The zero-order valence-electron chi connectivity index (χ0n) is 15.5. The number of carbonyl (C=O) groups excluding carboxylic acids is 2. The summed E-state index contributed by atoms with van der Waals surface area (Å²) >= 11 is 0. The van der Waals surface area contributed by atoms with Crippen LogP contribution in [0.3, 0.4) is 0 Å². The van der Waals surface area contributed by atoms with E-state index in [9.17, 15) is 9.59 Å². The molecule has 2 bridgehead atoms. The van der Waals surface area contributed by atoms with Crippen LogP contribution in [0.4, 0.5) is 11.4 Å². The topological polar surface area (TPSA) is 84.2 Å². The van der Waals surface area contributed by atoms with E-state index < -0.39 is 0 Å². The first kappa shape index (κ1) is 20.7. The lowest BCUT2D eigenvalue weighted by molar-refractivity contribution is -0.122. The minimum absolute atomic E-state index is 0. The zero-order chi connectivity index (χ0) is 18.0. The molecule has 0 spiro atoms. The number of nitrogens with one attached hydrogen (secondary N) is 2. The van der Waals surface area contributed by atoms with Gasteiger partial charge in [-0.15, -0.1) is 12.4 Å². The van der Waals surface area contributed by atoms with E-state index >= 15 is 0 Å². The Morgan fingerprint density at radius 3 is 2.23 bits per heavy atom. The molecule has 2 amide bonds. The Morgan fingerprint density at radius 1 is 1.08 bits per heavy atom. The molecule has 2 atom stereocenters. The Morgan fingerprint density at radius 2 is 1.65 bits per heavy atom. The summed E-state index contributed by atoms with van der Waals surface area (Å²) < 4.78 is 0. The average molecular weight is 380 g/mol. The molecule has 2 fully saturated rings. The van der Waals surface area contributed by atoms with E-state index in [1.165, 1.54) is 6.42 Å². The molecule has 0 aliphatic heterocycles. The van der Waals surface area contributed by atoms with Crippen LogP contribution < -0.4 is 16.4 Å². The molecule has 5 nitrogen and oxygen atoms in total. The highest BCUT2D eigenvalue weighted by Gasteiger charge is 2.40. The monoisotopic (exact) mass is 379 g/mol. The number of halogens is 1. The van der Waals surface area contributed by atoms with Gasteiger partial charge in [0.15, 0.2) is 0 Å². The minimum atomic E-state index is -0.0795. The second-order valence-electron chi connectivity index (χ2n) is 7.91. The lowest BCUT2D eigenvalue weighted by atomic mass is 9.65. The van der Waals surface area contributed by atoms with Gasteiger partial charge in [-0.2, -0.15) is 0 Å². The highest BCUT2D eigenvalue weighted by Crippen LogP contribution is 2.42. The van der Waals surface area contributed by atoms with Crippen molar-refractivity contribution < 1.29 is 9.59 Å². The van der Waals surface area contributed by atoms with Gasteiger partial charge in [0.25, 0.3) is 0 Å². The fourth-order valence-electron chi connectivity index (χ4n) is 4.21. The number of amides is 2. The van der Waals surface area contributed by atoms with Gasteiger partial charge in [0.1, 0.15) is 0 Å². The van der Waals surface area contributed by atoms with Crippen LogP contribution in [0.5, 0.6) is 0 Å². The Kier molecular flexibility index (Phi) is 7.07. The van der Waals surface area contributed by atoms with Crippen LogP contribution in [0.15, 0.2) is 24.3 Å². The molecule has 2 aliphatic carbocycles. The van der Waals surface area contributed by atoms with Crippen LogP contribution in [0, 0.1) is 23.7 Å².